The first kappa shape index (κ1) is 26.2. The van der Waals surface area contributed by atoms with Crippen LogP contribution in [0.4, 0.5) is 0 Å². The fourth-order valence-corrected chi connectivity index (χ4v) is 6.09. The van der Waals surface area contributed by atoms with Gasteiger partial charge in [0.2, 0.25) is 5.91 Å². The molecule has 1 aliphatic heterocycles. The molecule has 1 amide bonds. The molecular formula is C32H37NO5. The molecule has 6 heteroatoms. The van der Waals surface area contributed by atoms with E-state index in [9.17, 15) is 14.7 Å². The Labute approximate surface area is 223 Å². The van der Waals surface area contributed by atoms with Gasteiger partial charge in [-0.2, -0.15) is 0 Å². The molecule has 1 saturated carbocycles. The van der Waals surface area contributed by atoms with Crippen LogP contribution >= 0.6 is 0 Å². The number of likely N-dealkylation sites (tertiary alicyclic amines) is 1. The predicted molar refractivity (Wildman–Crippen MR) is 149 cm³/mol. The quantitative estimate of drug-likeness (QED) is 0.415. The largest absolute Gasteiger partial charge is 0.489 e. The molecule has 0 unspecified atom stereocenters. The summed E-state index contributed by atoms with van der Waals surface area (Å²) in [6.45, 7) is 5.42. The van der Waals surface area contributed by atoms with E-state index < -0.39 is 11.2 Å². The molecule has 0 bridgehead atoms. The van der Waals surface area contributed by atoms with Gasteiger partial charge in [0.25, 0.3) is 0 Å². The van der Waals surface area contributed by atoms with Crippen LogP contribution < -0.4 is 10.4 Å². The Balaban J connectivity index is 1.25. The van der Waals surface area contributed by atoms with Gasteiger partial charge in [-0.1, -0.05) is 49.2 Å². The number of piperidine rings is 1. The molecule has 200 valence electrons. The Hall–Kier alpha value is -3.38. The van der Waals surface area contributed by atoms with Crippen molar-refractivity contribution in [2.45, 2.75) is 64.4 Å². The van der Waals surface area contributed by atoms with Crippen LogP contribution in [-0.2, 0) is 11.2 Å². The zero-order valence-electron chi connectivity index (χ0n) is 22.4. The highest BCUT2D eigenvalue weighted by molar-refractivity contribution is 5.86. The van der Waals surface area contributed by atoms with E-state index in [1.165, 1.54) is 0 Å². The van der Waals surface area contributed by atoms with E-state index >= 15 is 0 Å². The van der Waals surface area contributed by atoms with Crippen molar-refractivity contribution < 1.29 is 19.1 Å². The Kier molecular flexibility index (Phi) is 7.70. The van der Waals surface area contributed by atoms with Crippen LogP contribution in [0.15, 0.2) is 57.8 Å². The van der Waals surface area contributed by atoms with Crippen LogP contribution in [0.2, 0.25) is 0 Å². The van der Waals surface area contributed by atoms with Gasteiger partial charge in [-0.25, -0.2) is 4.79 Å². The molecule has 0 radical (unpaired) electrons. The van der Waals surface area contributed by atoms with Gasteiger partial charge in [0, 0.05) is 41.9 Å². The second kappa shape index (κ2) is 11.2. The molecule has 0 spiro atoms. The maximum atomic E-state index is 13.0. The Morgan fingerprint density at radius 3 is 2.76 bits per heavy atom. The lowest BCUT2D eigenvalue weighted by Gasteiger charge is -2.47. The average Bonchev–Trinajstić information content (AvgIpc) is 2.92. The smallest absolute Gasteiger partial charge is 0.339 e. The zero-order valence-corrected chi connectivity index (χ0v) is 22.4. The lowest BCUT2D eigenvalue weighted by Crippen LogP contribution is -2.54. The highest BCUT2D eigenvalue weighted by Gasteiger charge is 2.43. The molecule has 2 fully saturated rings. The van der Waals surface area contributed by atoms with Crippen molar-refractivity contribution in [3.05, 3.63) is 81.2 Å². The van der Waals surface area contributed by atoms with Crippen molar-refractivity contribution in [3.63, 3.8) is 0 Å². The van der Waals surface area contributed by atoms with Crippen molar-refractivity contribution in [1.82, 2.24) is 4.90 Å². The van der Waals surface area contributed by atoms with Crippen LogP contribution in [-0.4, -0.2) is 41.2 Å². The molecule has 38 heavy (non-hydrogen) atoms. The molecule has 3 aromatic rings. The minimum absolute atomic E-state index is 0.0417. The molecule has 2 heterocycles. The first-order valence-corrected chi connectivity index (χ1v) is 13.8. The third-order valence-corrected chi connectivity index (χ3v) is 8.47. The van der Waals surface area contributed by atoms with Crippen molar-refractivity contribution in [2.24, 2.45) is 5.92 Å². The van der Waals surface area contributed by atoms with Gasteiger partial charge in [0.15, 0.2) is 0 Å². The molecule has 2 aliphatic rings. The van der Waals surface area contributed by atoms with Gasteiger partial charge < -0.3 is 19.2 Å². The van der Waals surface area contributed by atoms with E-state index in [0.717, 1.165) is 47.8 Å². The Morgan fingerprint density at radius 2 is 1.95 bits per heavy atom. The topological polar surface area (TPSA) is 80.0 Å². The summed E-state index contributed by atoms with van der Waals surface area (Å²) in [4.78, 5) is 27.9. The van der Waals surface area contributed by atoms with Gasteiger partial charge in [-0.05, 0) is 68.9 Å². The number of aryl methyl sites for hydroxylation is 2. The molecular weight excluding hydrogens is 478 g/mol. The lowest BCUT2D eigenvalue weighted by molar-refractivity contribution is -0.143. The maximum Gasteiger partial charge on any atom is 0.339 e. The van der Waals surface area contributed by atoms with Gasteiger partial charge in [0.05, 0.1) is 5.60 Å². The standard InChI is InChI=1S/C32H37NO5/c1-22-26-13-15-28(37-20-8-11-24-9-4-3-5-10-24)23(2)30(26)38-31(35)27(22)14-16-29(34)33-19-18-32(36)17-7-6-12-25(32)21-33/h3-5,8-11,13,15,25,36H,6-7,12,14,16-21H2,1-2H3/t25-,32+/m0/s1. The normalized spacial score (nSPS) is 21.6. The summed E-state index contributed by atoms with van der Waals surface area (Å²) in [6, 6.07) is 13.9. The Morgan fingerprint density at radius 1 is 1.13 bits per heavy atom. The number of rotatable bonds is 7. The minimum atomic E-state index is -0.607. The zero-order chi connectivity index (χ0) is 26.7. The van der Waals surface area contributed by atoms with E-state index in [4.69, 9.17) is 9.15 Å². The number of amides is 1. The summed E-state index contributed by atoms with van der Waals surface area (Å²) in [5.74, 6) is 0.878. The number of nitrogens with zero attached hydrogens (tertiary/aromatic N) is 1. The van der Waals surface area contributed by atoms with E-state index in [0.29, 0.717) is 49.4 Å². The maximum absolute atomic E-state index is 13.0. The summed E-state index contributed by atoms with van der Waals surface area (Å²) in [6.07, 6.45) is 9.21. The van der Waals surface area contributed by atoms with Crippen LogP contribution in [0.25, 0.3) is 17.0 Å². The molecule has 2 aromatic carbocycles. The predicted octanol–water partition coefficient (Wildman–Crippen LogP) is 5.59. The number of carbonyl (C=O) groups is 1. The summed E-state index contributed by atoms with van der Waals surface area (Å²) in [7, 11) is 0. The van der Waals surface area contributed by atoms with Crippen LogP contribution in [0.5, 0.6) is 5.75 Å². The number of aliphatic hydroxyl groups is 1. The summed E-state index contributed by atoms with van der Waals surface area (Å²) < 4.78 is 11.7. The SMILES string of the molecule is Cc1c(CCC(=O)N2CC[C@]3(O)CCCC[C@H]3C2)c(=O)oc2c(C)c(OCC=Cc3ccccc3)ccc12. The molecule has 6 nitrogen and oxygen atoms in total. The lowest BCUT2D eigenvalue weighted by atomic mass is 9.71. The second-order valence-corrected chi connectivity index (χ2v) is 10.8. The molecule has 2 atom stereocenters. The highest BCUT2D eigenvalue weighted by Crippen LogP contribution is 2.40. The molecule has 1 aromatic heterocycles. The van der Waals surface area contributed by atoms with E-state index in [1.54, 1.807) is 0 Å². The summed E-state index contributed by atoms with van der Waals surface area (Å²) in [5.41, 5.74) is 2.82. The van der Waals surface area contributed by atoms with Crippen LogP contribution in [0.3, 0.4) is 0 Å². The number of fused-ring (bicyclic) bond motifs is 2. The third kappa shape index (κ3) is 5.41. The highest BCUT2D eigenvalue weighted by atomic mass is 16.5. The molecule has 1 N–H and O–H groups in total. The van der Waals surface area contributed by atoms with Gasteiger partial charge >= 0.3 is 5.63 Å². The van der Waals surface area contributed by atoms with Crippen molar-refractivity contribution >= 4 is 23.0 Å². The van der Waals surface area contributed by atoms with Gasteiger partial charge in [0.1, 0.15) is 17.9 Å². The summed E-state index contributed by atoms with van der Waals surface area (Å²) in [5, 5.41) is 11.8. The van der Waals surface area contributed by atoms with Crippen molar-refractivity contribution in [2.75, 3.05) is 19.7 Å². The first-order chi connectivity index (χ1) is 18.4. The van der Waals surface area contributed by atoms with Crippen molar-refractivity contribution in [3.8, 4) is 5.75 Å². The van der Waals surface area contributed by atoms with Crippen LogP contribution in [0, 0.1) is 19.8 Å². The third-order valence-electron chi connectivity index (χ3n) is 8.47. The van der Waals surface area contributed by atoms with E-state index in [2.05, 4.69) is 0 Å². The minimum Gasteiger partial charge on any atom is -0.489 e. The number of carbonyl (C=O) groups excluding carboxylic acids is 1. The number of ether oxygens (including phenoxy) is 1. The average molecular weight is 516 g/mol. The molecule has 1 aliphatic carbocycles. The summed E-state index contributed by atoms with van der Waals surface area (Å²) >= 11 is 0. The van der Waals surface area contributed by atoms with E-state index in [-0.39, 0.29) is 18.2 Å². The van der Waals surface area contributed by atoms with Crippen molar-refractivity contribution in [1.29, 1.82) is 0 Å². The molecule has 1 saturated heterocycles. The number of hydrogen-bond acceptors (Lipinski definition) is 5. The molecule has 5 rings (SSSR count). The van der Waals surface area contributed by atoms with E-state index in [1.807, 2.05) is 73.4 Å². The number of benzene rings is 2. The van der Waals surface area contributed by atoms with Crippen LogP contribution in [0.1, 0.15) is 60.8 Å². The van der Waals surface area contributed by atoms with Gasteiger partial charge in [-0.3, -0.25) is 4.79 Å². The fourth-order valence-electron chi connectivity index (χ4n) is 6.09. The first-order valence-electron chi connectivity index (χ1n) is 13.8. The monoisotopic (exact) mass is 515 g/mol. The van der Waals surface area contributed by atoms with Gasteiger partial charge in [-0.15, -0.1) is 0 Å². The second-order valence-electron chi connectivity index (χ2n) is 10.8. The Bertz CT molecular complexity index is 1390. The number of hydrogen-bond donors (Lipinski definition) is 1. The fraction of sp³-hybridized carbons (Fsp3) is 0.438.